The first-order valence-electron chi connectivity index (χ1n) is 10.5. The van der Waals surface area contributed by atoms with Gasteiger partial charge in [-0.25, -0.2) is 0 Å². The summed E-state index contributed by atoms with van der Waals surface area (Å²) in [5, 5.41) is 3.81. The Morgan fingerprint density at radius 3 is 2.57 bits per heavy atom. The predicted octanol–water partition coefficient (Wildman–Crippen LogP) is 4.27. The summed E-state index contributed by atoms with van der Waals surface area (Å²) in [5.74, 6) is -0.768. The van der Waals surface area contributed by atoms with Crippen molar-refractivity contribution in [1.82, 2.24) is 4.98 Å². The summed E-state index contributed by atoms with van der Waals surface area (Å²) >= 11 is 0. The molecule has 0 unspecified atom stereocenters. The van der Waals surface area contributed by atoms with E-state index in [-0.39, 0.29) is 12.3 Å². The Bertz CT molecular complexity index is 1020. The molecule has 1 fully saturated rings. The topological polar surface area (TPSA) is 74.4 Å². The van der Waals surface area contributed by atoms with Crippen molar-refractivity contribution >= 4 is 34.2 Å². The second kappa shape index (κ2) is 9.03. The van der Waals surface area contributed by atoms with Gasteiger partial charge in [-0.15, -0.1) is 0 Å². The Morgan fingerprint density at radius 1 is 1.07 bits per heavy atom. The number of esters is 1. The molecule has 1 saturated heterocycles. The number of para-hydroxylation sites is 1. The molecule has 0 saturated carbocycles. The number of anilines is 2. The van der Waals surface area contributed by atoms with E-state index < -0.39 is 12.1 Å². The van der Waals surface area contributed by atoms with Crippen LogP contribution >= 0.6 is 0 Å². The monoisotopic (exact) mass is 405 g/mol. The number of ether oxygens (including phenoxy) is 1. The maximum Gasteiger partial charge on any atom is 0.311 e. The van der Waals surface area contributed by atoms with Gasteiger partial charge in [0.1, 0.15) is 0 Å². The standard InChI is InChI=1S/C24H27N3O3/c1-17(30-23(28)15-18-16-25-22-8-4-3-7-21(18)22)24(29)26-19-9-11-20(12-10-19)27-13-5-2-6-14-27/h3-4,7-12,16-17,25H,2,5-6,13-15H2,1H3,(H,26,29)/t17-/m0/s1. The lowest BCUT2D eigenvalue weighted by atomic mass is 10.1. The first-order chi connectivity index (χ1) is 14.6. The number of benzene rings is 2. The number of rotatable bonds is 6. The largest absolute Gasteiger partial charge is 0.452 e. The van der Waals surface area contributed by atoms with Crippen molar-refractivity contribution < 1.29 is 14.3 Å². The van der Waals surface area contributed by atoms with Crippen LogP contribution < -0.4 is 10.2 Å². The van der Waals surface area contributed by atoms with Crippen LogP contribution in [-0.2, 0) is 20.7 Å². The number of carbonyl (C=O) groups is 2. The third-order valence-corrected chi connectivity index (χ3v) is 5.54. The number of nitrogens with one attached hydrogen (secondary N) is 2. The Morgan fingerprint density at radius 2 is 1.80 bits per heavy atom. The summed E-state index contributed by atoms with van der Waals surface area (Å²) in [6.45, 7) is 3.74. The zero-order valence-corrected chi connectivity index (χ0v) is 17.2. The van der Waals surface area contributed by atoms with Crippen LogP contribution in [0.15, 0.2) is 54.7 Å². The maximum absolute atomic E-state index is 12.4. The van der Waals surface area contributed by atoms with Crippen molar-refractivity contribution in [2.24, 2.45) is 0 Å². The SMILES string of the molecule is C[C@H](OC(=O)Cc1c[nH]c2ccccc12)C(=O)Nc1ccc(N2CCCCC2)cc1. The second-order valence-electron chi connectivity index (χ2n) is 7.75. The minimum absolute atomic E-state index is 0.117. The zero-order valence-electron chi connectivity index (χ0n) is 17.2. The minimum atomic E-state index is -0.871. The van der Waals surface area contributed by atoms with Crippen LogP contribution in [0.5, 0.6) is 0 Å². The zero-order chi connectivity index (χ0) is 20.9. The van der Waals surface area contributed by atoms with Gasteiger partial charge in [-0.2, -0.15) is 0 Å². The molecule has 1 amide bonds. The van der Waals surface area contributed by atoms with Crippen molar-refractivity contribution in [3.8, 4) is 0 Å². The van der Waals surface area contributed by atoms with Gasteiger partial charge in [-0.05, 0) is 62.1 Å². The lowest BCUT2D eigenvalue weighted by Crippen LogP contribution is -2.30. The van der Waals surface area contributed by atoms with Crippen LogP contribution in [0.3, 0.4) is 0 Å². The third kappa shape index (κ3) is 4.64. The first-order valence-corrected chi connectivity index (χ1v) is 10.5. The first kappa shape index (κ1) is 20.0. The molecule has 1 aliphatic heterocycles. The lowest BCUT2D eigenvalue weighted by molar-refractivity contribution is -0.152. The molecule has 1 aromatic heterocycles. The molecule has 4 rings (SSSR count). The van der Waals surface area contributed by atoms with E-state index in [0.717, 1.165) is 29.6 Å². The number of piperidine rings is 1. The molecule has 1 atom stereocenters. The van der Waals surface area contributed by atoms with Crippen LogP contribution in [0.2, 0.25) is 0 Å². The fourth-order valence-corrected chi connectivity index (χ4v) is 3.88. The molecule has 6 heteroatoms. The fraction of sp³-hybridized carbons (Fsp3) is 0.333. The van der Waals surface area contributed by atoms with Crippen LogP contribution in [-0.4, -0.2) is 36.1 Å². The minimum Gasteiger partial charge on any atom is -0.452 e. The normalized spacial score (nSPS) is 15.0. The Kier molecular flexibility index (Phi) is 6.02. The number of amides is 1. The second-order valence-corrected chi connectivity index (χ2v) is 7.75. The molecule has 2 heterocycles. The molecular weight excluding hydrogens is 378 g/mol. The highest BCUT2D eigenvalue weighted by molar-refractivity contribution is 5.95. The van der Waals surface area contributed by atoms with Gasteiger partial charge in [0.05, 0.1) is 6.42 Å². The van der Waals surface area contributed by atoms with E-state index in [4.69, 9.17) is 4.74 Å². The average molecular weight is 405 g/mol. The van der Waals surface area contributed by atoms with Gasteiger partial charge in [0.25, 0.3) is 5.91 Å². The smallest absolute Gasteiger partial charge is 0.311 e. The number of hydrogen-bond acceptors (Lipinski definition) is 4. The van der Waals surface area contributed by atoms with E-state index in [1.54, 1.807) is 13.1 Å². The number of H-pyrrole nitrogens is 1. The average Bonchev–Trinajstić information content (AvgIpc) is 3.17. The molecule has 1 aliphatic rings. The molecule has 0 spiro atoms. The summed E-state index contributed by atoms with van der Waals surface area (Å²) in [5.41, 5.74) is 3.70. The molecule has 156 valence electrons. The van der Waals surface area contributed by atoms with Crippen LogP contribution in [0.25, 0.3) is 10.9 Å². The van der Waals surface area contributed by atoms with Gasteiger partial charge in [0.2, 0.25) is 0 Å². The van der Waals surface area contributed by atoms with Gasteiger partial charge in [-0.1, -0.05) is 18.2 Å². The van der Waals surface area contributed by atoms with E-state index in [1.165, 1.54) is 24.9 Å². The molecule has 0 aliphatic carbocycles. The quantitative estimate of drug-likeness (QED) is 0.601. The Balaban J connectivity index is 1.30. The molecular formula is C24H27N3O3. The molecule has 6 nitrogen and oxygen atoms in total. The third-order valence-electron chi connectivity index (χ3n) is 5.54. The fourth-order valence-electron chi connectivity index (χ4n) is 3.88. The van der Waals surface area contributed by atoms with E-state index in [2.05, 4.69) is 15.2 Å². The molecule has 0 radical (unpaired) electrons. The van der Waals surface area contributed by atoms with E-state index in [9.17, 15) is 9.59 Å². The van der Waals surface area contributed by atoms with Crippen molar-refractivity contribution in [1.29, 1.82) is 0 Å². The Labute approximate surface area is 176 Å². The van der Waals surface area contributed by atoms with E-state index >= 15 is 0 Å². The highest BCUT2D eigenvalue weighted by Crippen LogP contribution is 2.22. The van der Waals surface area contributed by atoms with Gasteiger partial charge < -0.3 is 19.9 Å². The summed E-state index contributed by atoms with van der Waals surface area (Å²) < 4.78 is 5.35. The van der Waals surface area contributed by atoms with Crippen molar-refractivity contribution in [3.63, 3.8) is 0 Å². The van der Waals surface area contributed by atoms with Gasteiger partial charge in [0, 0.05) is 41.6 Å². The number of aromatic nitrogens is 1. The number of carbonyl (C=O) groups excluding carboxylic acids is 2. The summed E-state index contributed by atoms with van der Waals surface area (Å²) in [4.78, 5) is 30.3. The number of aromatic amines is 1. The van der Waals surface area contributed by atoms with Crippen molar-refractivity contribution in [2.45, 2.75) is 38.7 Å². The summed E-state index contributed by atoms with van der Waals surface area (Å²) in [7, 11) is 0. The lowest BCUT2D eigenvalue weighted by Gasteiger charge is -2.28. The summed E-state index contributed by atoms with van der Waals surface area (Å²) in [6.07, 6.45) is 4.79. The van der Waals surface area contributed by atoms with Gasteiger partial charge >= 0.3 is 5.97 Å². The van der Waals surface area contributed by atoms with Crippen LogP contribution in [0, 0.1) is 0 Å². The molecule has 3 aromatic rings. The van der Waals surface area contributed by atoms with Gasteiger partial charge in [-0.3, -0.25) is 9.59 Å². The van der Waals surface area contributed by atoms with Crippen molar-refractivity contribution in [2.75, 3.05) is 23.3 Å². The van der Waals surface area contributed by atoms with Gasteiger partial charge in [0.15, 0.2) is 6.10 Å². The summed E-state index contributed by atoms with van der Waals surface area (Å²) in [6, 6.07) is 15.6. The van der Waals surface area contributed by atoms with Crippen molar-refractivity contribution in [3.05, 3.63) is 60.3 Å². The van der Waals surface area contributed by atoms with Crippen LogP contribution in [0.4, 0.5) is 11.4 Å². The number of hydrogen-bond donors (Lipinski definition) is 2. The van der Waals surface area contributed by atoms with Crippen LogP contribution in [0.1, 0.15) is 31.7 Å². The molecule has 2 N–H and O–H groups in total. The van der Waals surface area contributed by atoms with E-state index in [0.29, 0.717) is 5.69 Å². The highest BCUT2D eigenvalue weighted by atomic mass is 16.5. The predicted molar refractivity (Wildman–Crippen MR) is 119 cm³/mol. The molecule has 0 bridgehead atoms. The molecule has 30 heavy (non-hydrogen) atoms. The number of nitrogens with zero attached hydrogens (tertiary/aromatic N) is 1. The Hall–Kier alpha value is -3.28. The molecule has 2 aromatic carbocycles. The number of fused-ring (bicyclic) bond motifs is 1. The highest BCUT2D eigenvalue weighted by Gasteiger charge is 2.19. The maximum atomic E-state index is 12.4. The van der Waals surface area contributed by atoms with E-state index in [1.807, 2.05) is 48.5 Å².